The zero-order valence-corrected chi connectivity index (χ0v) is 12.6. The summed E-state index contributed by atoms with van der Waals surface area (Å²) >= 11 is 0. The van der Waals surface area contributed by atoms with Crippen LogP contribution in [0.4, 0.5) is 4.79 Å². The normalized spacial score (nSPS) is 11.3. The fourth-order valence-electron chi connectivity index (χ4n) is 2.06. The van der Waals surface area contributed by atoms with Crippen molar-refractivity contribution in [1.29, 1.82) is 0 Å². The third-order valence-electron chi connectivity index (χ3n) is 3.14. The molecule has 0 unspecified atom stereocenters. The Hall–Kier alpha value is -3.21. The van der Waals surface area contributed by atoms with Gasteiger partial charge >= 0.3 is 6.09 Å². The minimum atomic E-state index is -0.671. The second-order valence-electron chi connectivity index (χ2n) is 4.96. The van der Waals surface area contributed by atoms with Gasteiger partial charge in [-0.15, -0.1) is 0 Å². The first-order chi connectivity index (χ1) is 11.2. The van der Waals surface area contributed by atoms with E-state index in [0.717, 1.165) is 11.3 Å². The molecule has 23 heavy (non-hydrogen) atoms. The smallest absolute Gasteiger partial charge is 0.409 e. The van der Waals surface area contributed by atoms with E-state index in [2.05, 4.69) is 10.1 Å². The van der Waals surface area contributed by atoms with Gasteiger partial charge in [-0.3, -0.25) is 0 Å². The quantitative estimate of drug-likeness (QED) is 0.730. The molecule has 1 amide bonds. The monoisotopic (exact) mass is 305 g/mol. The molecule has 0 bridgehead atoms. The van der Waals surface area contributed by atoms with Crippen LogP contribution in [0.3, 0.4) is 0 Å². The van der Waals surface area contributed by atoms with Gasteiger partial charge in [0.1, 0.15) is 5.75 Å². The van der Waals surface area contributed by atoms with Crippen LogP contribution >= 0.6 is 0 Å². The highest BCUT2D eigenvalue weighted by Gasteiger charge is 2.02. The molecule has 3 rings (SSSR count). The molecule has 0 aliphatic carbocycles. The maximum Gasteiger partial charge on any atom is 0.439 e. The Bertz CT molecular complexity index is 866. The summed E-state index contributed by atoms with van der Waals surface area (Å²) in [5.41, 5.74) is 1.95. The molecular weight excluding hydrogens is 290 g/mol. The van der Waals surface area contributed by atoms with Gasteiger partial charge in [0.15, 0.2) is 0 Å². The lowest BCUT2D eigenvalue weighted by molar-refractivity contribution is 0.210. The van der Waals surface area contributed by atoms with E-state index in [9.17, 15) is 4.79 Å². The number of aromatic nitrogens is 2. The minimum Gasteiger partial charge on any atom is -0.409 e. The van der Waals surface area contributed by atoms with Crippen LogP contribution < -0.4 is 10.1 Å². The summed E-state index contributed by atoms with van der Waals surface area (Å²) in [6.45, 7) is 1.93. The maximum atomic E-state index is 11.8. The fourth-order valence-corrected chi connectivity index (χ4v) is 2.06. The highest BCUT2D eigenvalue weighted by atomic mass is 16.5. The van der Waals surface area contributed by atoms with Gasteiger partial charge in [0.25, 0.3) is 0 Å². The third kappa shape index (κ3) is 3.91. The van der Waals surface area contributed by atoms with Gasteiger partial charge in [-0.05, 0) is 42.8 Å². The number of carbonyl (C=O) groups is 1. The van der Waals surface area contributed by atoms with Crippen molar-refractivity contribution in [1.82, 2.24) is 9.78 Å². The number of hydrogen-bond donors (Lipinski definition) is 0. The SMILES string of the molecule is Cc1cccc(OC(=O)N=c2ccn(-c3ccccc3)nc2)c1. The van der Waals surface area contributed by atoms with Crippen LogP contribution in [0.15, 0.2) is 78.0 Å². The molecule has 1 aromatic heterocycles. The van der Waals surface area contributed by atoms with Crippen LogP contribution in [-0.2, 0) is 0 Å². The molecule has 0 saturated carbocycles. The largest absolute Gasteiger partial charge is 0.439 e. The number of hydrogen-bond acceptors (Lipinski definition) is 3. The predicted octanol–water partition coefficient (Wildman–Crippen LogP) is 3.28. The average molecular weight is 305 g/mol. The van der Waals surface area contributed by atoms with Crippen LogP contribution in [-0.4, -0.2) is 15.9 Å². The molecular formula is C18H15N3O2. The van der Waals surface area contributed by atoms with Gasteiger partial charge in [0.2, 0.25) is 0 Å². The molecule has 0 radical (unpaired) electrons. The van der Waals surface area contributed by atoms with E-state index in [1.54, 1.807) is 29.1 Å². The highest BCUT2D eigenvalue weighted by molar-refractivity contribution is 5.71. The summed E-state index contributed by atoms with van der Waals surface area (Å²) in [7, 11) is 0. The van der Waals surface area contributed by atoms with Gasteiger partial charge in [-0.2, -0.15) is 10.1 Å². The van der Waals surface area contributed by atoms with Crippen molar-refractivity contribution in [2.75, 3.05) is 0 Å². The first-order valence-corrected chi connectivity index (χ1v) is 7.14. The van der Waals surface area contributed by atoms with Crippen molar-refractivity contribution in [3.8, 4) is 11.4 Å². The molecule has 114 valence electrons. The van der Waals surface area contributed by atoms with Crippen molar-refractivity contribution in [2.45, 2.75) is 6.92 Å². The van der Waals surface area contributed by atoms with E-state index in [4.69, 9.17) is 4.74 Å². The number of carbonyl (C=O) groups excluding carboxylic acids is 1. The Kier molecular flexibility index (Phi) is 4.29. The van der Waals surface area contributed by atoms with E-state index < -0.39 is 6.09 Å². The molecule has 0 spiro atoms. The molecule has 0 N–H and O–H groups in total. The van der Waals surface area contributed by atoms with E-state index in [1.165, 1.54) is 6.20 Å². The Morgan fingerprint density at radius 2 is 1.91 bits per heavy atom. The van der Waals surface area contributed by atoms with Crippen molar-refractivity contribution < 1.29 is 9.53 Å². The Morgan fingerprint density at radius 3 is 2.61 bits per heavy atom. The lowest BCUT2D eigenvalue weighted by Gasteiger charge is -2.03. The second-order valence-corrected chi connectivity index (χ2v) is 4.96. The number of rotatable bonds is 2. The van der Waals surface area contributed by atoms with E-state index in [1.807, 2.05) is 49.4 Å². The number of nitrogens with zero attached hydrogens (tertiary/aromatic N) is 3. The number of aryl methyl sites for hydroxylation is 1. The molecule has 5 nitrogen and oxygen atoms in total. The Morgan fingerprint density at radius 1 is 1.09 bits per heavy atom. The van der Waals surface area contributed by atoms with Crippen molar-refractivity contribution >= 4 is 6.09 Å². The zero-order valence-electron chi connectivity index (χ0n) is 12.6. The van der Waals surface area contributed by atoms with E-state index in [0.29, 0.717) is 11.1 Å². The lowest BCUT2D eigenvalue weighted by atomic mass is 10.2. The van der Waals surface area contributed by atoms with Gasteiger partial charge < -0.3 is 4.74 Å². The van der Waals surface area contributed by atoms with Crippen molar-refractivity contribution in [3.05, 3.63) is 84.0 Å². The highest BCUT2D eigenvalue weighted by Crippen LogP contribution is 2.12. The maximum absolute atomic E-state index is 11.8. The summed E-state index contributed by atoms with van der Waals surface area (Å²) in [5.74, 6) is 0.474. The van der Waals surface area contributed by atoms with Crippen molar-refractivity contribution in [3.63, 3.8) is 0 Å². The van der Waals surface area contributed by atoms with Gasteiger partial charge in [-0.25, -0.2) is 9.48 Å². The summed E-state index contributed by atoms with van der Waals surface area (Å²) in [6, 6.07) is 18.6. The molecule has 0 aliphatic rings. The van der Waals surface area contributed by atoms with Crippen molar-refractivity contribution in [2.24, 2.45) is 4.99 Å². The molecule has 1 heterocycles. The van der Waals surface area contributed by atoms with E-state index >= 15 is 0 Å². The fraction of sp³-hybridized carbons (Fsp3) is 0.0556. The first-order valence-electron chi connectivity index (χ1n) is 7.14. The Labute approximate surface area is 133 Å². The summed E-state index contributed by atoms with van der Waals surface area (Å²) in [6.07, 6.45) is 2.59. The van der Waals surface area contributed by atoms with Crippen LogP contribution in [0.5, 0.6) is 5.75 Å². The van der Waals surface area contributed by atoms with E-state index in [-0.39, 0.29) is 0 Å². The van der Waals surface area contributed by atoms with Gasteiger partial charge in [0.05, 0.1) is 17.2 Å². The van der Waals surface area contributed by atoms with Crippen LogP contribution in [0, 0.1) is 6.92 Å². The molecule has 0 fully saturated rings. The van der Waals surface area contributed by atoms with Crippen LogP contribution in [0.2, 0.25) is 0 Å². The number of benzene rings is 2. The summed E-state index contributed by atoms with van der Waals surface area (Å²) in [4.78, 5) is 15.7. The molecule has 2 aromatic carbocycles. The topological polar surface area (TPSA) is 56.5 Å². The molecule has 0 atom stereocenters. The predicted molar refractivity (Wildman–Crippen MR) is 86.3 cm³/mol. The van der Waals surface area contributed by atoms with Crippen LogP contribution in [0.25, 0.3) is 5.69 Å². The van der Waals surface area contributed by atoms with Gasteiger partial charge in [-0.1, -0.05) is 30.3 Å². The van der Waals surface area contributed by atoms with Gasteiger partial charge in [0, 0.05) is 6.20 Å². The molecule has 0 saturated heterocycles. The summed E-state index contributed by atoms with van der Waals surface area (Å²) in [5, 5.41) is 4.68. The molecule has 5 heteroatoms. The third-order valence-corrected chi connectivity index (χ3v) is 3.14. The molecule has 3 aromatic rings. The first kappa shape index (κ1) is 14.7. The minimum absolute atomic E-state index is 0.440. The standard InChI is InChI=1S/C18H15N3O2/c1-14-6-5-9-17(12-14)23-18(22)20-15-10-11-21(19-13-15)16-7-3-2-4-8-16/h2-13H,1H3. The summed E-state index contributed by atoms with van der Waals surface area (Å²) < 4.78 is 6.87. The number of ether oxygens (including phenoxy) is 1. The average Bonchev–Trinajstić information content (AvgIpc) is 2.56. The number of para-hydroxylation sites is 1. The Balaban J connectivity index is 1.76. The lowest BCUT2D eigenvalue weighted by Crippen LogP contribution is -2.13. The zero-order chi connectivity index (χ0) is 16.1. The number of amides is 1. The second kappa shape index (κ2) is 6.70. The molecule has 0 aliphatic heterocycles. The van der Waals surface area contributed by atoms with Crippen LogP contribution in [0.1, 0.15) is 5.56 Å².